The zero-order valence-electron chi connectivity index (χ0n) is 12.4. The fraction of sp³-hybridized carbons (Fsp3) is 0.235. The van der Waals surface area contributed by atoms with Gasteiger partial charge in [0.25, 0.3) is 0 Å². The maximum atomic E-state index is 13.9. The molecular formula is C17H16BrF2NO. The third-order valence-electron chi connectivity index (χ3n) is 3.15. The van der Waals surface area contributed by atoms with E-state index in [1.807, 2.05) is 19.1 Å². The van der Waals surface area contributed by atoms with Crippen LogP contribution in [0.5, 0.6) is 11.6 Å². The minimum Gasteiger partial charge on any atom is -0.432 e. The Balaban J connectivity index is 2.43. The normalized spacial score (nSPS) is 11.6. The molecule has 0 aliphatic carbocycles. The Morgan fingerprint density at radius 3 is 2.59 bits per heavy atom. The number of nitrogens with zero attached hydrogens (tertiary/aromatic N) is 1. The zero-order chi connectivity index (χ0) is 16.1. The minimum atomic E-state index is -0.777. The zero-order valence-corrected chi connectivity index (χ0v) is 14.0. The van der Waals surface area contributed by atoms with Crippen LogP contribution in [0.2, 0.25) is 0 Å². The molecule has 0 amide bonds. The van der Waals surface area contributed by atoms with Crippen molar-refractivity contribution < 1.29 is 13.5 Å². The second kappa shape index (κ2) is 7.49. The van der Waals surface area contributed by atoms with Crippen LogP contribution in [0.25, 0.3) is 5.57 Å². The predicted octanol–water partition coefficient (Wildman–Crippen LogP) is 6.12. The molecule has 2 aromatic rings. The van der Waals surface area contributed by atoms with Crippen LogP contribution in [0.4, 0.5) is 8.78 Å². The quantitative estimate of drug-likeness (QED) is 0.635. The second-order valence-corrected chi connectivity index (χ2v) is 5.64. The average molecular weight is 368 g/mol. The van der Waals surface area contributed by atoms with E-state index in [1.165, 1.54) is 6.20 Å². The highest BCUT2D eigenvalue weighted by molar-refractivity contribution is 9.10. The first-order valence-electron chi connectivity index (χ1n) is 6.99. The Labute approximate surface area is 137 Å². The summed E-state index contributed by atoms with van der Waals surface area (Å²) >= 11 is 3.04. The summed E-state index contributed by atoms with van der Waals surface area (Å²) in [6.45, 7) is 3.98. The van der Waals surface area contributed by atoms with Gasteiger partial charge in [-0.05, 0) is 43.2 Å². The number of pyridine rings is 1. The van der Waals surface area contributed by atoms with Gasteiger partial charge >= 0.3 is 0 Å². The van der Waals surface area contributed by atoms with Crippen molar-refractivity contribution in [3.05, 3.63) is 58.2 Å². The molecular weight excluding hydrogens is 352 g/mol. The second-order valence-electron chi connectivity index (χ2n) is 4.72. The highest BCUT2D eigenvalue weighted by atomic mass is 79.9. The molecule has 0 radical (unpaired) electrons. The van der Waals surface area contributed by atoms with Crippen LogP contribution in [0.1, 0.15) is 32.3 Å². The third kappa shape index (κ3) is 3.71. The number of hydrogen-bond donors (Lipinski definition) is 0. The molecule has 0 bridgehead atoms. The molecule has 1 aromatic heterocycles. The summed E-state index contributed by atoms with van der Waals surface area (Å²) in [6, 6.07) is 5.92. The van der Waals surface area contributed by atoms with Crippen LogP contribution in [-0.2, 0) is 0 Å². The Morgan fingerprint density at radius 2 is 2.00 bits per heavy atom. The molecule has 2 nitrogen and oxygen atoms in total. The summed E-state index contributed by atoms with van der Waals surface area (Å²) in [6.07, 6.45) is 5.28. The van der Waals surface area contributed by atoms with Gasteiger partial charge in [0.2, 0.25) is 11.6 Å². The molecule has 0 fully saturated rings. The highest BCUT2D eigenvalue weighted by Gasteiger charge is 2.16. The molecule has 0 atom stereocenters. The van der Waals surface area contributed by atoms with Crippen molar-refractivity contribution in [1.29, 1.82) is 0 Å². The Kier molecular flexibility index (Phi) is 5.66. The lowest BCUT2D eigenvalue weighted by Gasteiger charge is -2.13. The molecule has 1 aromatic carbocycles. The third-order valence-corrected chi connectivity index (χ3v) is 3.60. The van der Waals surface area contributed by atoms with Gasteiger partial charge in [-0.25, -0.2) is 13.8 Å². The van der Waals surface area contributed by atoms with E-state index in [2.05, 4.69) is 27.8 Å². The lowest BCUT2D eigenvalue weighted by molar-refractivity contribution is 0.394. The standard InChI is InChI=1S/C17H16BrF2NO/c1-3-6-11(4-2)13-7-5-8-21-17(13)22-16-14(19)9-12(18)10-15(16)20/h4-5,7-10H,3,6H2,1-2H3. The van der Waals surface area contributed by atoms with Crippen LogP contribution in [0.3, 0.4) is 0 Å². The van der Waals surface area contributed by atoms with Crippen molar-refractivity contribution in [1.82, 2.24) is 4.98 Å². The van der Waals surface area contributed by atoms with Crippen LogP contribution < -0.4 is 4.74 Å². The number of hydrogen-bond acceptors (Lipinski definition) is 2. The SMILES string of the molecule is CC=C(CCC)c1cccnc1Oc1c(F)cc(Br)cc1F. The fourth-order valence-electron chi connectivity index (χ4n) is 2.14. The lowest BCUT2D eigenvalue weighted by Crippen LogP contribution is -1.98. The van der Waals surface area contributed by atoms with E-state index in [9.17, 15) is 8.78 Å². The summed E-state index contributed by atoms with van der Waals surface area (Å²) in [5, 5.41) is 0. The number of aromatic nitrogens is 1. The minimum absolute atomic E-state index is 0.198. The van der Waals surface area contributed by atoms with Gasteiger partial charge in [-0.15, -0.1) is 0 Å². The molecule has 0 aliphatic rings. The van der Waals surface area contributed by atoms with Gasteiger partial charge in [0.1, 0.15) is 0 Å². The molecule has 0 spiro atoms. The summed E-state index contributed by atoms with van der Waals surface area (Å²) in [5.74, 6) is -1.80. The average Bonchev–Trinajstić information content (AvgIpc) is 2.49. The van der Waals surface area contributed by atoms with E-state index in [0.29, 0.717) is 4.47 Å². The molecule has 2 rings (SSSR count). The van der Waals surface area contributed by atoms with E-state index < -0.39 is 17.4 Å². The molecule has 116 valence electrons. The fourth-order valence-corrected chi connectivity index (χ4v) is 2.55. The number of halogens is 3. The van der Waals surface area contributed by atoms with Gasteiger partial charge in [-0.1, -0.05) is 35.4 Å². The molecule has 0 saturated carbocycles. The molecule has 22 heavy (non-hydrogen) atoms. The number of benzene rings is 1. The lowest BCUT2D eigenvalue weighted by atomic mass is 10.0. The van der Waals surface area contributed by atoms with Crippen molar-refractivity contribution in [2.75, 3.05) is 0 Å². The van der Waals surface area contributed by atoms with E-state index in [1.54, 1.807) is 6.07 Å². The molecule has 0 saturated heterocycles. The maximum absolute atomic E-state index is 13.9. The van der Waals surface area contributed by atoms with Crippen LogP contribution in [0.15, 0.2) is 41.0 Å². The van der Waals surface area contributed by atoms with Gasteiger partial charge in [0.15, 0.2) is 11.6 Å². The van der Waals surface area contributed by atoms with Gasteiger partial charge in [-0.3, -0.25) is 0 Å². The van der Waals surface area contributed by atoms with Crippen molar-refractivity contribution in [2.45, 2.75) is 26.7 Å². The van der Waals surface area contributed by atoms with Gasteiger partial charge in [0.05, 0.1) is 0 Å². The van der Waals surface area contributed by atoms with E-state index >= 15 is 0 Å². The van der Waals surface area contributed by atoms with Crippen LogP contribution in [0, 0.1) is 11.6 Å². The van der Waals surface area contributed by atoms with Crippen molar-refractivity contribution in [3.8, 4) is 11.6 Å². The first kappa shape index (κ1) is 16.6. The number of allylic oxidation sites excluding steroid dienone is 2. The summed E-state index contributed by atoms with van der Waals surface area (Å²) in [5.41, 5.74) is 1.78. The first-order chi connectivity index (χ1) is 10.6. The molecule has 0 aliphatic heterocycles. The Bertz CT molecular complexity index is 678. The number of rotatable bonds is 5. The molecule has 0 unspecified atom stereocenters. The van der Waals surface area contributed by atoms with E-state index in [4.69, 9.17) is 4.74 Å². The monoisotopic (exact) mass is 367 g/mol. The van der Waals surface area contributed by atoms with Gasteiger partial charge < -0.3 is 4.74 Å². The molecule has 1 heterocycles. The summed E-state index contributed by atoms with van der Waals surface area (Å²) in [7, 11) is 0. The van der Waals surface area contributed by atoms with Gasteiger partial charge in [0, 0.05) is 16.2 Å². The highest BCUT2D eigenvalue weighted by Crippen LogP contribution is 2.34. The Hall–Kier alpha value is -1.75. The number of ether oxygens (including phenoxy) is 1. The summed E-state index contributed by atoms with van der Waals surface area (Å²) in [4.78, 5) is 4.12. The topological polar surface area (TPSA) is 22.1 Å². The van der Waals surface area contributed by atoms with Gasteiger partial charge in [-0.2, -0.15) is 0 Å². The molecule has 5 heteroatoms. The Morgan fingerprint density at radius 1 is 1.32 bits per heavy atom. The van der Waals surface area contributed by atoms with Crippen LogP contribution >= 0.6 is 15.9 Å². The van der Waals surface area contributed by atoms with E-state index in [0.717, 1.165) is 36.1 Å². The molecule has 0 N–H and O–H groups in total. The smallest absolute Gasteiger partial charge is 0.227 e. The largest absolute Gasteiger partial charge is 0.432 e. The van der Waals surface area contributed by atoms with E-state index in [-0.39, 0.29) is 5.88 Å². The summed E-state index contributed by atoms with van der Waals surface area (Å²) < 4.78 is 33.6. The van der Waals surface area contributed by atoms with Crippen molar-refractivity contribution in [3.63, 3.8) is 0 Å². The first-order valence-corrected chi connectivity index (χ1v) is 7.79. The maximum Gasteiger partial charge on any atom is 0.227 e. The van der Waals surface area contributed by atoms with Crippen LogP contribution in [-0.4, -0.2) is 4.98 Å². The van der Waals surface area contributed by atoms with Crippen molar-refractivity contribution >= 4 is 21.5 Å². The predicted molar refractivity (Wildman–Crippen MR) is 86.9 cm³/mol. The van der Waals surface area contributed by atoms with Crippen molar-refractivity contribution in [2.24, 2.45) is 0 Å².